The first kappa shape index (κ1) is 27.0. The van der Waals surface area contributed by atoms with E-state index in [2.05, 4.69) is 29.9 Å². The van der Waals surface area contributed by atoms with Crippen LogP contribution in [0.15, 0.2) is 30.9 Å². The maximum absolute atomic E-state index is 15.2. The zero-order valence-corrected chi connectivity index (χ0v) is 22.1. The third-order valence-corrected chi connectivity index (χ3v) is 6.83. The van der Waals surface area contributed by atoms with Gasteiger partial charge in [0, 0.05) is 36.0 Å². The number of aromatic nitrogens is 7. The van der Waals surface area contributed by atoms with Crippen LogP contribution >= 0.6 is 0 Å². The van der Waals surface area contributed by atoms with E-state index in [9.17, 15) is 18.3 Å². The first-order valence-corrected chi connectivity index (χ1v) is 13.0. The molecule has 0 bridgehead atoms. The second kappa shape index (κ2) is 10.3. The Bertz CT molecular complexity index is 1600. The Kier molecular flexibility index (Phi) is 6.80. The number of nitrogens with zero attached hydrogens (tertiary/aromatic N) is 7. The average molecular weight is 572 g/mol. The number of aliphatic hydroxyl groups excluding tert-OH is 1. The van der Waals surface area contributed by atoms with Gasteiger partial charge in [0.1, 0.15) is 24.2 Å². The maximum atomic E-state index is 15.2. The fourth-order valence-electron chi connectivity index (χ4n) is 4.47. The molecule has 1 atom stereocenters. The number of hydrogen-bond donors (Lipinski definition) is 1. The molecule has 4 aromatic heterocycles. The summed E-state index contributed by atoms with van der Waals surface area (Å²) < 4.78 is 67.6. The first-order chi connectivity index (χ1) is 19.6. The molecule has 214 valence electrons. The van der Waals surface area contributed by atoms with E-state index in [1.54, 1.807) is 6.92 Å². The van der Waals surface area contributed by atoms with Crippen molar-refractivity contribution in [3.63, 3.8) is 0 Å². The van der Waals surface area contributed by atoms with E-state index in [0.717, 1.165) is 30.8 Å². The van der Waals surface area contributed by atoms with E-state index < -0.39 is 23.8 Å². The lowest BCUT2D eigenvalue weighted by Gasteiger charge is -2.14. The summed E-state index contributed by atoms with van der Waals surface area (Å²) in [5.41, 5.74) is 0.471. The zero-order valence-electron chi connectivity index (χ0n) is 22.1. The van der Waals surface area contributed by atoms with Crippen LogP contribution in [0.5, 0.6) is 11.8 Å². The number of rotatable bonds is 9. The normalized spacial score (nSPS) is 16.1. The summed E-state index contributed by atoms with van der Waals surface area (Å²) in [6.45, 7) is 1.38. The fourth-order valence-corrected chi connectivity index (χ4v) is 4.47. The first-order valence-electron chi connectivity index (χ1n) is 13.0. The fraction of sp³-hybridized carbons (Fsp3) is 0.407. The van der Waals surface area contributed by atoms with Gasteiger partial charge in [0.05, 0.1) is 24.6 Å². The summed E-state index contributed by atoms with van der Waals surface area (Å²) in [6, 6.07) is 2.44. The largest absolute Gasteiger partial charge is 0.480 e. The molecule has 0 aliphatic heterocycles. The number of pyridine rings is 1. The highest BCUT2D eigenvalue weighted by Gasteiger charge is 2.38. The summed E-state index contributed by atoms with van der Waals surface area (Å²) in [5.74, 6) is -0.180. The Labute approximate surface area is 231 Å². The van der Waals surface area contributed by atoms with E-state index in [4.69, 9.17) is 9.47 Å². The van der Waals surface area contributed by atoms with Crippen molar-refractivity contribution in [3.8, 4) is 34.7 Å². The van der Waals surface area contributed by atoms with E-state index >= 15 is 4.39 Å². The third kappa shape index (κ3) is 5.56. The third-order valence-electron chi connectivity index (χ3n) is 6.83. The highest BCUT2D eigenvalue weighted by molar-refractivity contribution is 5.66. The number of alkyl halides is 3. The molecule has 41 heavy (non-hydrogen) atoms. The highest BCUT2D eigenvalue weighted by Crippen LogP contribution is 2.45. The molecular weight excluding hydrogens is 546 g/mol. The molecule has 0 amide bonds. The van der Waals surface area contributed by atoms with Crippen molar-refractivity contribution in [2.24, 2.45) is 0 Å². The summed E-state index contributed by atoms with van der Waals surface area (Å²) in [4.78, 5) is 25.3. The predicted octanol–water partition coefficient (Wildman–Crippen LogP) is 5.20. The second-order valence-corrected chi connectivity index (χ2v) is 10.1. The molecule has 4 aromatic rings. The maximum Gasteiger partial charge on any atom is 0.434 e. The molecule has 0 aromatic carbocycles. The molecule has 6 rings (SSSR count). The van der Waals surface area contributed by atoms with Gasteiger partial charge >= 0.3 is 6.18 Å². The second-order valence-electron chi connectivity index (χ2n) is 10.1. The average Bonchev–Trinajstić information content (AvgIpc) is 3.89. The van der Waals surface area contributed by atoms with Crippen molar-refractivity contribution in [2.75, 3.05) is 7.11 Å². The van der Waals surface area contributed by atoms with E-state index in [0.29, 0.717) is 24.0 Å². The van der Waals surface area contributed by atoms with Gasteiger partial charge < -0.3 is 19.1 Å². The van der Waals surface area contributed by atoms with Crippen molar-refractivity contribution in [1.29, 1.82) is 0 Å². The SMILES string of the molecule is COc1ncnc(C2CC2)c1-c1nc(OCc2cnc(-c3nc(C(F)(F)F)cn3C3CC3)c(F)c2)cc(C(C)O)n1. The van der Waals surface area contributed by atoms with Gasteiger partial charge in [-0.3, -0.25) is 0 Å². The van der Waals surface area contributed by atoms with Crippen LogP contribution < -0.4 is 9.47 Å². The number of hydrogen-bond acceptors (Lipinski definition) is 9. The smallest absolute Gasteiger partial charge is 0.434 e. The zero-order chi connectivity index (χ0) is 28.9. The number of aliphatic hydroxyl groups is 1. The molecule has 14 heteroatoms. The highest BCUT2D eigenvalue weighted by atomic mass is 19.4. The topological polar surface area (TPSA) is 121 Å². The Balaban J connectivity index is 1.28. The molecular formula is C27H25F4N7O3. The Morgan fingerprint density at radius 3 is 2.49 bits per heavy atom. The van der Waals surface area contributed by atoms with E-state index in [1.165, 1.54) is 30.3 Å². The summed E-state index contributed by atoms with van der Waals surface area (Å²) >= 11 is 0. The lowest BCUT2D eigenvalue weighted by Crippen LogP contribution is -2.08. The molecule has 2 fully saturated rings. The van der Waals surface area contributed by atoms with E-state index in [-0.39, 0.29) is 53.4 Å². The van der Waals surface area contributed by atoms with Crippen molar-refractivity contribution >= 4 is 0 Å². The van der Waals surface area contributed by atoms with Crippen LogP contribution in [0, 0.1) is 5.82 Å². The van der Waals surface area contributed by atoms with Gasteiger partial charge in [-0.25, -0.2) is 29.3 Å². The molecule has 0 radical (unpaired) electrons. The van der Waals surface area contributed by atoms with Crippen LogP contribution in [-0.2, 0) is 12.8 Å². The van der Waals surface area contributed by atoms with Crippen molar-refractivity contribution in [3.05, 3.63) is 59.3 Å². The summed E-state index contributed by atoms with van der Waals surface area (Å²) in [7, 11) is 1.48. The van der Waals surface area contributed by atoms with Crippen LogP contribution in [0.4, 0.5) is 17.6 Å². The minimum Gasteiger partial charge on any atom is -0.480 e. The quantitative estimate of drug-likeness (QED) is 0.270. The lowest BCUT2D eigenvalue weighted by molar-refractivity contribution is -0.140. The van der Waals surface area contributed by atoms with Gasteiger partial charge in [-0.05, 0) is 38.7 Å². The minimum atomic E-state index is -4.66. The number of methoxy groups -OCH3 is 1. The van der Waals surface area contributed by atoms with Crippen LogP contribution in [0.25, 0.3) is 22.9 Å². The van der Waals surface area contributed by atoms with Gasteiger partial charge in [-0.15, -0.1) is 0 Å². The number of imidazole rings is 1. The molecule has 1 unspecified atom stereocenters. The molecule has 2 saturated carbocycles. The van der Waals surface area contributed by atoms with Crippen LogP contribution in [-0.4, -0.2) is 46.7 Å². The van der Waals surface area contributed by atoms with Crippen LogP contribution in [0.2, 0.25) is 0 Å². The standard InChI is InChI=1S/C27H25F4N7O3/c1-13(39)18-8-20(37-24(35-18)21-22(15-3-4-15)33-12-34-26(21)40-2)41-11-14-7-17(28)23(32-9-14)25-36-19(27(29,30)31)10-38(25)16-5-6-16/h7-10,12-13,15-16,39H,3-6,11H2,1-2H3. The lowest BCUT2D eigenvalue weighted by atomic mass is 10.1. The molecule has 10 nitrogen and oxygen atoms in total. The summed E-state index contributed by atoms with van der Waals surface area (Å²) in [5, 5.41) is 10.3. The Hall–Kier alpha value is -4.20. The molecule has 2 aliphatic carbocycles. The van der Waals surface area contributed by atoms with Gasteiger partial charge in [-0.2, -0.15) is 18.2 Å². The van der Waals surface area contributed by atoms with Gasteiger partial charge in [0.15, 0.2) is 23.2 Å². The molecule has 0 saturated heterocycles. The van der Waals surface area contributed by atoms with Gasteiger partial charge in [-0.1, -0.05) is 0 Å². The van der Waals surface area contributed by atoms with Crippen LogP contribution in [0.3, 0.4) is 0 Å². The van der Waals surface area contributed by atoms with Crippen molar-refractivity contribution in [1.82, 2.24) is 34.5 Å². The van der Waals surface area contributed by atoms with Crippen LogP contribution in [0.1, 0.15) is 73.3 Å². The monoisotopic (exact) mass is 571 g/mol. The van der Waals surface area contributed by atoms with Gasteiger partial charge in [0.25, 0.3) is 0 Å². The number of halogens is 4. The molecule has 0 spiro atoms. The molecule has 1 N–H and O–H groups in total. The number of ether oxygens (including phenoxy) is 2. The van der Waals surface area contributed by atoms with Crippen molar-refractivity contribution in [2.45, 2.75) is 63.5 Å². The molecule has 2 aliphatic rings. The predicted molar refractivity (Wildman–Crippen MR) is 135 cm³/mol. The Morgan fingerprint density at radius 2 is 1.85 bits per heavy atom. The molecule has 4 heterocycles. The van der Waals surface area contributed by atoms with Gasteiger partial charge in [0.2, 0.25) is 11.8 Å². The minimum absolute atomic E-state index is 0.0992. The van der Waals surface area contributed by atoms with E-state index in [1.807, 2.05) is 0 Å². The summed E-state index contributed by atoms with van der Waals surface area (Å²) in [6.07, 6.45) is 1.31. The van der Waals surface area contributed by atoms with Crippen molar-refractivity contribution < 1.29 is 32.1 Å². The Morgan fingerprint density at radius 1 is 1.07 bits per heavy atom.